The minimum atomic E-state index is -0.657. The zero-order chi connectivity index (χ0) is 16.1. The third-order valence-corrected chi connectivity index (χ3v) is 3.26. The highest BCUT2D eigenvalue weighted by atomic mass is 35.5. The molecule has 0 saturated carbocycles. The SMILES string of the molecule is CC(C)CNC(=O)C(C)Oc1nn(-c2ccccc2)cc1Cl. The largest absolute Gasteiger partial charge is 0.462 e. The van der Waals surface area contributed by atoms with Crippen molar-refractivity contribution in [3.8, 4) is 11.6 Å². The van der Waals surface area contributed by atoms with E-state index in [1.54, 1.807) is 17.8 Å². The Kier molecular flexibility index (Phi) is 5.44. The first-order chi connectivity index (χ1) is 10.5. The van der Waals surface area contributed by atoms with Crippen LogP contribution in [0.4, 0.5) is 0 Å². The van der Waals surface area contributed by atoms with Crippen molar-refractivity contribution in [1.29, 1.82) is 0 Å². The molecular weight excluding hydrogens is 302 g/mol. The van der Waals surface area contributed by atoms with E-state index in [4.69, 9.17) is 16.3 Å². The molecule has 1 aromatic carbocycles. The van der Waals surface area contributed by atoms with Crippen molar-refractivity contribution in [2.24, 2.45) is 5.92 Å². The molecule has 1 amide bonds. The molecule has 0 spiro atoms. The van der Waals surface area contributed by atoms with Crippen LogP contribution < -0.4 is 10.1 Å². The average molecular weight is 322 g/mol. The summed E-state index contributed by atoms with van der Waals surface area (Å²) in [5.74, 6) is 0.453. The Balaban J connectivity index is 2.04. The summed E-state index contributed by atoms with van der Waals surface area (Å²) in [4.78, 5) is 11.9. The number of carbonyl (C=O) groups excluding carboxylic acids is 1. The van der Waals surface area contributed by atoms with E-state index in [-0.39, 0.29) is 11.8 Å². The Bertz CT molecular complexity index is 626. The molecule has 0 radical (unpaired) electrons. The Morgan fingerprint density at radius 1 is 1.32 bits per heavy atom. The molecule has 6 heteroatoms. The summed E-state index contributed by atoms with van der Waals surface area (Å²) in [6, 6.07) is 9.56. The summed E-state index contributed by atoms with van der Waals surface area (Å²) in [6.45, 7) is 6.35. The van der Waals surface area contributed by atoms with Gasteiger partial charge in [-0.2, -0.15) is 0 Å². The summed E-state index contributed by atoms with van der Waals surface area (Å²) in [5, 5.41) is 7.47. The van der Waals surface area contributed by atoms with Crippen LogP contribution in [0.15, 0.2) is 36.5 Å². The van der Waals surface area contributed by atoms with Gasteiger partial charge in [0.15, 0.2) is 6.10 Å². The normalized spacial score (nSPS) is 12.2. The first kappa shape index (κ1) is 16.4. The van der Waals surface area contributed by atoms with Crippen LogP contribution in [0.5, 0.6) is 5.88 Å². The summed E-state index contributed by atoms with van der Waals surface area (Å²) >= 11 is 6.13. The van der Waals surface area contributed by atoms with Gasteiger partial charge in [-0.1, -0.05) is 43.6 Å². The lowest BCUT2D eigenvalue weighted by Crippen LogP contribution is -2.38. The molecule has 0 aliphatic heterocycles. The van der Waals surface area contributed by atoms with Gasteiger partial charge in [-0.3, -0.25) is 4.79 Å². The lowest BCUT2D eigenvalue weighted by atomic mass is 10.2. The molecule has 1 atom stereocenters. The minimum absolute atomic E-state index is 0.181. The number of nitrogens with one attached hydrogen (secondary N) is 1. The molecule has 0 bridgehead atoms. The van der Waals surface area contributed by atoms with Crippen LogP contribution in [0.2, 0.25) is 5.02 Å². The second-order valence-electron chi connectivity index (χ2n) is 5.46. The van der Waals surface area contributed by atoms with E-state index in [0.29, 0.717) is 17.5 Å². The van der Waals surface area contributed by atoms with Crippen LogP contribution in [0.25, 0.3) is 5.69 Å². The van der Waals surface area contributed by atoms with Crippen molar-refractivity contribution in [3.63, 3.8) is 0 Å². The molecule has 0 aliphatic rings. The van der Waals surface area contributed by atoms with Crippen molar-refractivity contribution < 1.29 is 9.53 Å². The van der Waals surface area contributed by atoms with E-state index in [2.05, 4.69) is 10.4 Å². The van der Waals surface area contributed by atoms with E-state index < -0.39 is 6.10 Å². The van der Waals surface area contributed by atoms with Gasteiger partial charge in [0.2, 0.25) is 0 Å². The number of carbonyl (C=O) groups is 1. The Morgan fingerprint density at radius 2 is 2.00 bits per heavy atom. The van der Waals surface area contributed by atoms with Crippen molar-refractivity contribution in [3.05, 3.63) is 41.6 Å². The lowest BCUT2D eigenvalue weighted by Gasteiger charge is -2.14. The van der Waals surface area contributed by atoms with E-state index in [0.717, 1.165) is 5.69 Å². The first-order valence-electron chi connectivity index (χ1n) is 7.22. The lowest BCUT2D eigenvalue weighted by molar-refractivity contribution is -0.127. The Labute approximate surface area is 135 Å². The van der Waals surface area contributed by atoms with E-state index >= 15 is 0 Å². The highest BCUT2D eigenvalue weighted by Gasteiger charge is 2.18. The molecule has 0 saturated heterocycles. The molecule has 1 unspecified atom stereocenters. The van der Waals surface area contributed by atoms with Gasteiger partial charge in [0.05, 0.1) is 11.9 Å². The topological polar surface area (TPSA) is 56.1 Å². The fraction of sp³-hybridized carbons (Fsp3) is 0.375. The van der Waals surface area contributed by atoms with Gasteiger partial charge in [0.1, 0.15) is 5.02 Å². The fourth-order valence-corrected chi connectivity index (χ4v) is 1.97. The predicted octanol–water partition coefficient (Wildman–Crippen LogP) is 3.07. The second-order valence-corrected chi connectivity index (χ2v) is 5.87. The molecule has 2 aromatic rings. The molecular formula is C16H20ClN3O2. The monoisotopic (exact) mass is 321 g/mol. The maximum atomic E-state index is 11.9. The van der Waals surface area contributed by atoms with Gasteiger partial charge in [-0.15, -0.1) is 5.10 Å². The van der Waals surface area contributed by atoms with Crippen LogP contribution in [0, 0.1) is 5.92 Å². The number of hydrogen-bond donors (Lipinski definition) is 1. The molecule has 22 heavy (non-hydrogen) atoms. The van der Waals surface area contributed by atoms with Crippen LogP contribution >= 0.6 is 11.6 Å². The van der Waals surface area contributed by atoms with Crippen molar-refractivity contribution in [2.75, 3.05) is 6.54 Å². The van der Waals surface area contributed by atoms with Gasteiger partial charge < -0.3 is 10.1 Å². The third-order valence-electron chi connectivity index (χ3n) is 3.00. The molecule has 1 heterocycles. The molecule has 1 N–H and O–H groups in total. The number of halogens is 1. The van der Waals surface area contributed by atoms with Gasteiger partial charge in [-0.05, 0) is 25.0 Å². The van der Waals surface area contributed by atoms with Crippen LogP contribution in [-0.4, -0.2) is 28.3 Å². The van der Waals surface area contributed by atoms with Gasteiger partial charge in [-0.25, -0.2) is 4.68 Å². The molecule has 1 aromatic heterocycles. The molecule has 2 rings (SSSR count). The summed E-state index contributed by atoms with van der Waals surface area (Å²) in [5.41, 5.74) is 0.871. The number of benzene rings is 1. The predicted molar refractivity (Wildman–Crippen MR) is 86.5 cm³/mol. The number of nitrogens with zero attached hydrogens (tertiary/aromatic N) is 2. The summed E-state index contributed by atoms with van der Waals surface area (Å²) in [6.07, 6.45) is 1.00. The zero-order valence-electron chi connectivity index (χ0n) is 12.9. The maximum absolute atomic E-state index is 11.9. The first-order valence-corrected chi connectivity index (χ1v) is 7.60. The standard InChI is InChI=1S/C16H20ClN3O2/c1-11(2)9-18-15(21)12(3)22-16-14(17)10-20(19-16)13-7-5-4-6-8-13/h4-8,10-12H,9H2,1-3H3,(H,18,21). The summed E-state index contributed by atoms with van der Waals surface area (Å²) in [7, 11) is 0. The van der Waals surface area contributed by atoms with E-state index in [1.165, 1.54) is 0 Å². The molecule has 118 valence electrons. The highest BCUT2D eigenvalue weighted by molar-refractivity contribution is 6.31. The number of hydrogen-bond acceptors (Lipinski definition) is 3. The molecule has 0 fully saturated rings. The van der Waals surface area contributed by atoms with Crippen LogP contribution in [0.1, 0.15) is 20.8 Å². The second kappa shape index (κ2) is 7.31. The van der Waals surface area contributed by atoms with Gasteiger partial charge in [0, 0.05) is 6.54 Å². The quantitative estimate of drug-likeness (QED) is 0.889. The maximum Gasteiger partial charge on any atom is 0.260 e. The third kappa shape index (κ3) is 4.24. The number of rotatable bonds is 6. The van der Waals surface area contributed by atoms with Gasteiger partial charge >= 0.3 is 0 Å². The van der Waals surface area contributed by atoms with Crippen molar-refractivity contribution in [1.82, 2.24) is 15.1 Å². The Morgan fingerprint density at radius 3 is 2.64 bits per heavy atom. The molecule has 0 aliphatic carbocycles. The van der Waals surface area contributed by atoms with Crippen LogP contribution in [0.3, 0.4) is 0 Å². The van der Waals surface area contributed by atoms with Crippen molar-refractivity contribution >= 4 is 17.5 Å². The van der Waals surface area contributed by atoms with Crippen LogP contribution in [-0.2, 0) is 4.79 Å². The van der Waals surface area contributed by atoms with Crippen molar-refractivity contribution in [2.45, 2.75) is 26.9 Å². The number of ether oxygens (including phenoxy) is 1. The van der Waals surface area contributed by atoms with E-state index in [9.17, 15) is 4.79 Å². The number of para-hydroxylation sites is 1. The average Bonchev–Trinajstić information content (AvgIpc) is 2.86. The smallest absolute Gasteiger partial charge is 0.260 e. The number of amides is 1. The zero-order valence-corrected chi connectivity index (χ0v) is 13.7. The highest BCUT2D eigenvalue weighted by Crippen LogP contribution is 2.24. The van der Waals surface area contributed by atoms with E-state index in [1.807, 2.05) is 44.2 Å². The number of aromatic nitrogens is 2. The molecule has 5 nitrogen and oxygen atoms in total. The van der Waals surface area contributed by atoms with Gasteiger partial charge in [0.25, 0.3) is 11.8 Å². The summed E-state index contributed by atoms with van der Waals surface area (Å²) < 4.78 is 7.19. The minimum Gasteiger partial charge on any atom is -0.462 e. The Hall–Kier alpha value is -2.01. The fourth-order valence-electron chi connectivity index (χ4n) is 1.80.